The Morgan fingerprint density at radius 1 is 1.39 bits per heavy atom. The van der Waals surface area contributed by atoms with Gasteiger partial charge < -0.3 is 10.8 Å². The molecule has 0 aliphatic carbocycles. The van der Waals surface area contributed by atoms with E-state index in [9.17, 15) is 14.0 Å². The zero-order valence-electron chi connectivity index (χ0n) is 9.00. The minimum atomic E-state index is -1.29. The highest BCUT2D eigenvalue weighted by molar-refractivity contribution is 5.93. The lowest BCUT2D eigenvalue weighted by atomic mass is 10.1. The molecule has 1 heterocycles. The quantitative estimate of drug-likeness (QED) is 0.840. The van der Waals surface area contributed by atoms with E-state index < -0.39 is 17.7 Å². The molecule has 7 heteroatoms. The van der Waals surface area contributed by atoms with Crippen LogP contribution in [0.3, 0.4) is 0 Å². The summed E-state index contributed by atoms with van der Waals surface area (Å²) >= 11 is 0. The summed E-state index contributed by atoms with van der Waals surface area (Å²) in [5, 5.41) is 12.7. The fraction of sp³-hybridized carbons (Fsp3) is 0. The molecular formula is C11H8FN3O3. The van der Waals surface area contributed by atoms with E-state index in [1.54, 1.807) is 0 Å². The summed E-state index contributed by atoms with van der Waals surface area (Å²) in [6.45, 7) is 0. The fourth-order valence-corrected chi connectivity index (χ4v) is 1.49. The van der Waals surface area contributed by atoms with Gasteiger partial charge in [-0.15, -0.1) is 0 Å². The largest absolute Gasteiger partial charge is 0.478 e. The molecule has 1 amide bonds. The Hall–Kier alpha value is -2.70. The minimum absolute atomic E-state index is 0.0644. The second-order valence-electron chi connectivity index (χ2n) is 3.48. The molecule has 1 aromatic carbocycles. The van der Waals surface area contributed by atoms with Crippen LogP contribution in [0.2, 0.25) is 0 Å². The number of rotatable bonds is 3. The van der Waals surface area contributed by atoms with E-state index in [2.05, 4.69) is 5.10 Å². The van der Waals surface area contributed by atoms with Crippen molar-refractivity contribution < 1.29 is 19.1 Å². The van der Waals surface area contributed by atoms with Crippen molar-refractivity contribution in [3.8, 4) is 5.69 Å². The molecule has 0 fully saturated rings. The maximum atomic E-state index is 13.7. The molecule has 0 spiro atoms. The number of primary amides is 1. The number of hydrogen-bond donors (Lipinski definition) is 2. The number of carbonyl (C=O) groups is 2. The summed E-state index contributed by atoms with van der Waals surface area (Å²) in [5.74, 6) is -2.77. The van der Waals surface area contributed by atoms with Crippen LogP contribution in [0.4, 0.5) is 4.39 Å². The van der Waals surface area contributed by atoms with E-state index >= 15 is 0 Å². The molecule has 18 heavy (non-hydrogen) atoms. The van der Waals surface area contributed by atoms with Crippen LogP contribution in [0.1, 0.15) is 20.7 Å². The number of hydrogen-bond acceptors (Lipinski definition) is 3. The Balaban J connectivity index is 2.62. The Bertz CT molecular complexity index is 636. The number of nitrogens with two attached hydrogens (primary N) is 1. The lowest BCUT2D eigenvalue weighted by molar-refractivity contribution is 0.0696. The fourth-order valence-electron chi connectivity index (χ4n) is 1.49. The maximum absolute atomic E-state index is 13.7. The van der Waals surface area contributed by atoms with Gasteiger partial charge in [-0.2, -0.15) is 5.10 Å². The molecule has 1 aromatic heterocycles. The first-order chi connectivity index (χ1) is 8.50. The molecule has 3 N–H and O–H groups in total. The first-order valence-electron chi connectivity index (χ1n) is 4.87. The number of benzene rings is 1. The number of nitrogens with zero attached hydrogens (tertiary/aromatic N) is 2. The van der Waals surface area contributed by atoms with Crippen molar-refractivity contribution in [2.45, 2.75) is 0 Å². The Kier molecular flexibility index (Phi) is 2.80. The van der Waals surface area contributed by atoms with Gasteiger partial charge in [0.25, 0.3) is 5.91 Å². The summed E-state index contributed by atoms with van der Waals surface area (Å²) < 4.78 is 14.6. The average molecular weight is 249 g/mol. The number of amides is 1. The molecule has 0 atom stereocenters. The van der Waals surface area contributed by atoms with Crippen molar-refractivity contribution in [1.29, 1.82) is 0 Å². The number of para-hydroxylation sites is 1. The molecule has 0 saturated carbocycles. The van der Waals surface area contributed by atoms with E-state index in [0.29, 0.717) is 0 Å². The number of carbonyl (C=O) groups excluding carboxylic acids is 1. The summed E-state index contributed by atoms with van der Waals surface area (Å²) in [7, 11) is 0. The van der Waals surface area contributed by atoms with Crippen molar-refractivity contribution >= 4 is 11.9 Å². The molecule has 2 aromatic rings. The zero-order valence-corrected chi connectivity index (χ0v) is 9.00. The molecule has 0 radical (unpaired) electrons. The predicted octanol–water partition coefficient (Wildman–Crippen LogP) is 0.809. The third-order valence-corrected chi connectivity index (χ3v) is 2.31. The molecule has 92 valence electrons. The van der Waals surface area contributed by atoms with E-state index in [0.717, 1.165) is 16.9 Å². The number of aromatic nitrogens is 2. The van der Waals surface area contributed by atoms with Gasteiger partial charge >= 0.3 is 5.97 Å². The van der Waals surface area contributed by atoms with Crippen molar-refractivity contribution in [3.63, 3.8) is 0 Å². The van der Waals surface area contributed by atoms with Crippen molar-refractivity contribution in [2.24, 2.45) is 5.73 Å². The van der Waals surface area contributed by atoms with Gasteiger partial charge in [-0.25, -0.2) is 13.9 Å². The average Bonchev–Trinajstić information content (AvgIpc) is 2.77. The van der Waals surface area contributed by atoms with Crippen molar-refractivity contribution in [3.05, 3.63) is 47.5 Å². The molecule has 6 nitrogen and oxygen atoms in total. The van der Waals surface area contributed by atoms with E-state index in [4.69, 9.17) is 10.8 Å². The summed E-state index contributed by atoms with van der Waals surface area (Å²) in [6, 6.07) is 3.63. The minimum Gasteiger partial charge on any atom is -0.478 e. The highest BCUT2D eigenvalue weighted by Gasteiger charge is 2.17. The van der Waals surface area contributed by atoms with E-state index in [-0.39, 0.29) is 16.8 Å². The summed E-state index contributed by atoms with van der Waals surface area (Å²) in [5.41, 5.74) is 4.61. The lowest BCUT2D eigenvalue weighted by Gasteiger charge is -2.06. The van der Waals surface area contributed by atoms with Crippen LogP contribution in [0.25, 0.3) is 5.69 Å². The molecule has 0 saturated heterocycles. The van der Waals surface area contributed by atoms with Crippen molar-refractivity contribution in [2.75, 3.05) is 0 Å². The number of carboxylic acid groups (broad SMARTS) is 1. The number of halogens is 1. The second kappa shape index (κ2) is 4.28. The number of aromatic carboxylic acids is 1. The molecule has 0 bridgehead atoms. The Morgan fingerprint density at radius 2 is 2.11 bits per heavy atom. The van der Waals surface area contributed by atoms with Crippen LogP contribution in [-0.2, 0) is 0 Å². The highest BCUT2D eigenvalue weighted by atomic mass is 19.1. The van der Waals surface area contributed by atoms with E-state index in [1.807, 2.05) is 0 Å². The van der Waals surface area contributed by atoms with Gasteiger partial charge in [-0.3, -0.25) is 4.79 Å². The molecule has 0 unspecified atom stereocenters. The van der Waals surface area contributed by atoms with Gasteiger partial charge in [0.15, 0.2) is 0 Å². The first-order valence-corrected chi connectivity index (χ1v) is 4.87. The third-order valence-electron chi connectivity index (χ3n) is 2.31. The van der Waals surface area contributed by atoms with Crippen molar-refractivity contribution in [1.82, 2.24) is 9.78 Å². The molecule has 0 aliphatic heterocycles. The monoisotopic (exact) mass is 249 g/mol. The standard InChI is InChI=1S/C11H8FN3O3/c12-8-3-1-2-7(11(17)18)9(8)15-5-6(4-14-15)10(13)16/h1-5H,(H2,13,16)(H,17,18). The Labute approximate surface area is 100 Å². The second-order valence-corrected chi connectivity index (χ2v) is 3.48. The smallest absolute Gasteiger partial charge is 0.338 e. The van der Waals surface area contributed by atoms with Crippen LogP contribution in [0.15, 0.2) is 30.6 Å². The van der Waals surface area contributed by atoms with E-state index in [1.165, 1.54) is 18.3 Å². The predicted molar refractivity (Wildman–Crippen MR) is 59.0 cm³/mol. The van der Waals surface area contributed by atoms with Gasteiger partial charge in [0, 0.05) is 6.20 Å². The maximum Gasteiger partial charge on any atom is 0.338 e. The highest BCUT2D eigenvalue weighted by Crippen LogP contribution is 2.18. The summed E-state index contributed by atoms with van der Waals surface area (Å²) in [4.78, 5) is 21.9. The van der Waals surface area contributed by atoms with Crippen LogP contribution in [0, 0.1) is 5.82 Å². The van der Waals surface area contributed by atoms with Gasteiger partial charge in [-0.1, -0.05) is 6.07 Å². The van der Waals surface area contributed by atoms with Gasteiger partial charge in [-0.05, 0) is 12.1 Å². The lowest BCUT2D eigenvalue weighted by Crippen LogP contribution is -2.10. The molecule has 2 rings (SSSR count). The number of carboxylic acids is 1. The SMILES string of the molecule is NC(=O)c1cnn(-c2c(F)cccc2C(=O)O)c1. The van der Waals surface area contributed by atoms with Gasteiger partial charge in [0.1, 0.15) is 11.5 Å². The zero-order chi connectivity index (χ0) is 13.3. The van der Waals surface area contributed by atoms with Gasteiger partial charge in [0.2, 0.25) is 0 Å². The normalized spacial score (nSPS) is 10.3. The Morgan fingerprint density at radius 3 is 2.67 bits per heavy atom. The van der Waals surface area contributed by atoms with Crippen LogP contribution in [0.5, 0.6) is 0 Å². The topological polar surface area (TPSA) is 98.2 Å². The first kappa shape index (κ1) is 11.8. The van der Waals surface area contributed by atoms with Crippen LogP contribution in [-0.4, -0.2) is 26.8 Å². The van der Waals surface area contributed by atoms with Crippen LogP contribution >= 0.6 is 0 Å². The van der Waals surface area contributed by atoms with Gasteiger partial charge in [0.05, 0.1) is 17.3 Å². The molecule has 0 aliphatic rings. The van der Waals surface area contributed by atoms with Crippen LogP contribution < -0.4 is 5.73 Å². The summed E-state index contributed by atoms with van der Waals surface area (Å²) in [6.07, 6.45) is 2.31. The third kappa shape index (κ3) is 1.93. The molecular weight excluding hydrogens is 241 g/mol.